The molecule has 1 N–H and O–H groups in total. The number of likely N-dealkylation sites (tertiary alicyclic amines) is 1. The second-order valence-corrected chi connectivity index (χ2v) is 12.0. The largest absolute Gasteiger partial charge is 0.466 e. The van der Waals surface area contributed by atoms with Crippen molar-refractivity contribution >= 4 is 23.9 Å². The highest BCUT2D eigenvalue weighted by Crippen LogP contribution is 2.29. The van der Waals surface area contributed by atoms with Crippen LogP contribution in [-0.2, 0) is 33.3 Å². The zero-order chi connectivity index (χ0) is 32.6. The van der Waals surface area contributed by atoms with Gasteiger partial charge in [0, 0.05) is 27.8 Å². The highest BCUT2D eigenvalue weighted by molar-refractivity contribution is 5.83. The fourth-order valence-electron chi connectivity index (χ4n) is 5.17. The molecule has 0 bridgehead atoms. The molecule has 6 atom stereocenters. The van der Waals surface area contributed by atoms with Crippen molar-refractivity contribution in [2.75, 3.05) is 41.0 Å². The molecule has 1 aliphatic heterocycles. The summed E-state index contributed by atoms with van der Waals surface area (Å²) in [5.74, 6) is -1.30. The van der Waals surface area contributed by atoms with E-state index in [9.17, 15) is 19.2 Å². The maximum Gasteiger partial charge on any atom is 0.408 e. The van der Waals surface area contributed by atoms with E-state index in [0.29, 0.717) is 6.54 Å². The molecule has 1 saturated heterocycles. The van der Waals surface area contributed by atoms with E-state index in [1.807, 2.05) is 13.8 Å². The summed E-state index contributed by atoms with van der Waals surface area (Å²) in [5.41, 5.74) is -0.677. The van der Waals surface area contributed by atoms with Gasteiger partial charge in [0.15, 0.2) is 0 Å². The van der Waals surface area contributed by atoms with Crippen molar-refractivity contribution in [3.05, 3.63) is 0 Å². The van der Waals surface area contributed by atoms with Gasteiger partial charge in [0.25, 0.3) is 0 Å². The number of rotatable bonds is 14. The first-order valence-corrected chi connectivity index (χ1v) is 15.4. The van der Waals surface area contributed by atoms with Gasteiger partial charge in [-0.25, -0.2) is 4.79 Å². The zero-order valence-corrected chi connectivity index (χ0v) is 28.3. The van der Waals surface area contributed by atoms with Gasteiger partial charge < -0.3 is 34.1 Å². The quantitative estimate of drug-likeness (QED) is 0.291. The van der Waals surface area contributed by atoms with Crippen molar-refractivity contribution in [1.82, 2.24) is 15.1 Å². The first-order chi connectivity index (χ1) is 19.6. The number of likely N-dealkylation sites (N-methyl/N-ethyl adjacent to an activating group) is 1. The molecule has 0 radical (unpaired) electrons. The molecule has 11 heteroatoms. The Hall–Kier alpha value is -2.40. The van der Waals surface area contributed by atoms with Crippen LogP contribution in [0.25, 0.3) is 0 Å². The Morgan fingerprint density at radius 3 is 2.10 bits per heavy atom. The van der Waals surface area contributed by atoms with E-state index in [1.165, 1.54) is 13.5 Å². The summed E-state index contributed by atoms with van der Waals surface area (Å²) in [7, 11) is 4.74. The third kappa shape index (κ3) is 12.9. The Morgan fingerprint density at radius 2 is 1.62 bits per heavy atom. The van der Waals surface area contributed by atoms with E-state index in [-0.39, 0.29) is 49.3 Å². The molecule has 0 aliphatic carbocycles. The van der Waals surface area contributed by atoms with Crippen molar-refractivity contribution in [3.8, 4) is 0 Å². The van der Waals surface area contributed by atoms with E-state index >= 15 is 0 Å². The molecule has 0 aromatic carbocycles. The highest BCUT2D eigenvalue weighted by atomic mass is 16.6. The highest BCUT2D eigenvalue weighted by Gasteiger charge is 2.42. The number of ether oxygens (including phenoxy) is 4. The van der Waals surface area contributed by atoms with Gasteiger partial charge in [0.1, 0.15) is 12.1 Å². The smallest absolute Gasteiger partial charge is 0.408 e. The predicted molar refractivity (Wildman–Crippen MR) is 163 cm³/mol. The third-order valence-electron chi connectivity index (χ3n) is 7.33. The van der Waals surface area contributed by atoms with Crippen LogP contribution in [0.15, 0.2) is 0 Å². The number of nitrogens with zero attached hydrogens (tertiary/aromatic N) is 2. The lowest BCUT2D eigenvalue weighted by Gasteiger charge is -2.39. The van der Waals surface area contributed by atoms with E-state index in [4.69, 9.17) is 18.9 Å². The summed E-state index contributed by atoms with van der Waals surface area (Å²) in [6.07, 6.45) is 1.83. The van der Waals surface area contributed by atoms with Gasteiger partial charge in [0.2, 0.25) is 11.8 Å². The lowest BCUT2D eigenvalue weighted by atomic mass is 9.90. The van der Waals surface area contributed by atoms with Crippen molar-refractivity contribution in [2.45, 2.75) is 124 Å². The summed E-state index contributed by atoms with van der Waals surface area (Å²) in [4.78, 5) is 54.4. The van der Waals surface area contributed by atoms with Crippen molar-refractivity contribution in [3.63, 3.8) is 0 Å². The molecular weight excluding hydrogens is 542 g/mol. The van der Waals surface area contributed by atoms with Crippen LogP contribution in [0.2, 0.25) is 0 Å². The van der Waals surface area contributed by atoms with Crippen molar-refractivity contribution in [2.24, 2.45) is 11.8 Å². The molecule has 6 unspecified atom stereocenters. The van der Waals surface area contributed by atoms with Crippen LogP contribution in [0.1, 0.15) is 94.4 Å². The van der Waals surface area contributed by atoms with Gasteiger partial charge in [0.05, 0.1) is 43.2 Å². The number of hydrogen-bond acceptors (Lipinski definition) is 8. The second kappa shape index (κ2) is 19.7. The van der Waals surface area contributed by atoms with Crippen molar-refractivity contribution < 1.29 is 38.1 Å². The second-order valence-electron chi connectivity index (χ2n) is 12.0. The summed E-state index contributed by atoms with van der Waals surface area (Å²) < 4.78 is 21.9. The molecule has 0 saturated carbocycles. The Labute approximate surface area is 254 Å². The average molecular weight is 602 g/mol. The molecule has 246 valence electrons. The Morgan fingerprint density at radius 1 is 1.02 bits per heavy atom. The number of amides is 3. The molecule has 1 aliphatic rings. The van der Waals surface area contributed by atoms with Gasteiger partial charge in [-0.15, -0.1) is 0 Å². The first kappa shape index (κ1) is 39.6. The molecule has 1 rings (SSSR count). The minimum atomic E-state index is -0.677. The minimum Gasteiger partial charge on any atom is -0.466 e. The summed E-state index contributed by atoms with van der Waals surface area (Å²) in [5, 5.41) is 2.51. The van der Waals surface area contributed by atoms with Crippen LogP contribution in [-0.4, -0.2) is 105 Å². The van der Waals surface area contributed by atoms with Gasteiger partial charge in [-0.05, 0) is 53.4 Å². The van der Waals surface area contributed by atoms with Crippen molar-refractivity contribution in [1.29, 1.82) is 0 Å². The molecule has 0 aromatic rings. The van der Waals surface area contributed by atoms with E-state index < -0.39 is 35.9 Å². The monoisotopic (exact) mass is 601 g/mol. The number of nitrogens with one attached hydrogen (secondary N) is 1. The molecular formula is C31H59N3O8. The van der Waals surface area contributed by atoms with Crippen LogP contribution in [0.5, 0.6) is 0 Å². The summed E-state index contributed by atoms with van der Waals surface area (Å²) in [6, 6.07) is -0.673. The minimum absolute atomic E-state index is 0.0168. The molecule has 0 aromatic heterocycles. The van der Waals surface area contributed by atoms with Gasteiger partial charge in [-0.1, -0.05) is 40.5 Å². The molecule has 11 nitrogen and oxygen atoms in total. The molecule has 1 fully saturated rings. The molecule has 42 heavy (non-hydrogen) atoms. The van der Waals surface area contributed by atoms with Crippen LogP contribution < -0.4 is 5.32 Å². The predicted octanol–water partition coefficient (Wildman–Crippen LogP) is 4.41. The molecule has 1 heterocycles. The third-order valence-corrected chi connectivity index (χ3v) is 7.33. The standard InChI is InChI=1S/C28H51N3O8.C3H8/c1-11-18(3)24(30(8)23(33)17-29-27(35)39-28(5,6)7)21(36-9)16-22(32)31-15-13-14-20(31)25(37-10)19(4)26(34)38-12-2;1-3-2/h18-21,24-25H,11-17H2,1-10H3,(H,29,35);3H2,1-2H3. The average Bonchev–Trinajstić information content (AvgIpc) is 3.40. The topological polar surface area (TPSA) is 124 Å². The van der Waals surface area contributed by atoms with E-state index in [0.717, 1.165) is 19.3 Å². The zero-order valence-electron chi connectivity index (χ0n) is 28.3. The fraction of sp³-hybridized carbons (Fsp3) is 0.871. The van der Waals surface area contributed by atoms with Crippen LogP contribution in [0, 0.1) is 11.8 Å². The van der Waals surface area contributed by atoms with Gasteiger partial charge >= 0.3 is 12.1 Å². The van der Waals surface area contributed by atoms with Gasteiger partial charge in [-0.2, -0.15) is 0 Å². The first-order valence-electron chi connectivity index (χ1n) is 15.4. The van der Waals surface area contributed by atoms with Crippen LogP contribution in [0.3, 0.4) is 0 Å². The van der Waals surface area contributed by atoms with Crippen LogP contribution >= 0.6 is 0 Å². The van der Waals surface area contributed by atoms with Gasteiger partial charge in [-0.3, -0.25) is 14.4 Å². The number of carbonyl (C=O) groups excluding carboxylic acids is 4. The Balaban J connectivity index is 0.00000535. The Bertz CT molecular complexity index is 831. The summed E-state index contributed by atoms with van der Waals surface area (Å²) >= 11 is 0. The number of methoxy groups -OCH3 is 2. The number of hydrogen-bond donors (Lipinski definition) is 1. The number of alkyl carbamates (subject to hydrolysis) is 1. The van der Waals surface area contributed by atoms with E-state index in [2.05, 4.69) is 19.2 Å². The normalized spacial score (nSPS) is 18.5. The SMILES string of the molecule is CCC.CCOC(=O)C(C)C(OC)C1CCCN1C(=O)CC(OC)C(C(C)CC)N(C)C(=O)CNC(=O)OC(C)(C)C. The summed E-state index contributed by atoms with van der Waals surface area (Å²) in [6.45, 7) is 17.6. The lowest BCUT2D eigenvalue weighted by Crippen LogP contribution is -2.54. The van der Waals surface area contributed by atoms with Crippen LogP contribution in [0.4, 0.5) is 4.79 Å². The number of esters is 1. The molecule has 0 spiro atoms. The lowest BCUT2D eigenvalue weighted by molar-refractivity contribution is -0.156. The maximum atomic E-state index is 13.6. The number of carbonyl (C=O) groups is 4. The maximum absolute atomic E-state index is 13.6. The molecule has 3 amide bonds. The van der Waals surface area contributed by atoms with E-state index in [1.54, 1.807) is 58.6 Å². The fourth-order valence-corrected chi connectivity index (χ4v) is 5.17. The Kier molecular flexibility index (Phi) is 18.6.